The number of benzene rings is 3. The number of para-hydroxylation sites is 1. The van der Waals surface area contributed by atoms with Gasteiger partial charge in [-0.25, -0.2) is 4.39 Å². The van der Waals surface area contributed by atoms with Gasteiger partial charge in [-0.3, -0.25) is 9.59 Å². The van der Waals surface area contributed by atoms with Gasteiger partial charge in [-0.15, -0.1) is 11.8 Å². The first-order valence-corrected chi connectivity index (χ1v) is 11.2. The van der Waals surface area contributed by atoms with Crippen molar-refractivity contribution in [2.24, 2.45) is 0 Å². The minimum Gasteiger partial charge on any atom is -0.352 e. The highest BCUT2D eigenvalue weighted by Crippen LogP contribution is 2.29. The summed E-state index contributed by atoms with van der Waals surface area (Å²) in [6, 6.07) is 21.6. The first-order valence-electron chi connectivity index (χ1n) is 10.2. The third-order valence-corrected chi connectivity index (χ3v) is 6.34. The molecule has 1 aliphatic heterocycles. The zero-order chi connectivity index (χ0) is 21.6. The highest BCUT2D eigenvalue weighted by molar-refractivity contribution is 8.00. The number of thioether (sulfide) groups is 1. The maximum absolute atomic E-state index is 13.0. The monoisotopic (exact) mass is 434 g/mol. The zero-order valence-corrected chi connectivity index (χ0v) is 17.8. The molecule has 31 heavy (non-hydrogen) atoms. The van der Waals surface area contributed by atoms with E-state index >= 15 is 0 Å². The average molecular weight is 435 g/mol. The normalized spacial score (nSPS) is 12.5. The molecule has 0 bridgehead atoms. The largest absolute Gasteiger partial charge is 0.352 e. The third kappa shape index (κ3) is 5.14. The number of carbonyl (C=O) groups is 2. The lowest BCUT2D eigenvalue weighted by atomic mass is 10.1. The number of hydrogen-bond donors (Lipinski definition) is 1. The second kappa shape index (κ2) is 9.79. The lowest BCUT2D eigenvalue weighted by Crippen LogP contribution is -2.30. The highest BCUT2D eigenvalue weighted by atomic mass is 32.2. The van der Waals surface area contributed by atoms with Crippen molar-refractivity contribution >= 4 is 29.3 Å². The molecule has 0 saturated heterocycles. The predicted molar refractivity (Wildman–Crippen MR) is 122 cm³/mol. The quantitative estimate of drug-likeness (QED) is 0.558. The molecule has 0 spiro atoms. The van der Waals surface area contributed by atoms with E-state index in [0.717, 1.165) is 22.6 Å². The van der Waals surface area contributed by atoms with Crippen molar-refractivity contribution in [2.45, 2.75) is 17.7 Å². The van der Waals surface area contributed by atoms with E-state index in [-0.39, 0.29) is 23.4 Å². The maximum atomic E-state index is 13.0. The van der Waals surface area contributed by atoms with Crippen molar-refractivity contribution in [3.63, 3.8) is 0 Å². The Kier molecular flexibility index (Phi) is 6.67. The SMILES string of the molecule is O=C(NCCc1ccc(F)cc1)c1ccccc1SCC(=O)N1CCc2ccccc21. The van der Waals surface area contributed by atoms with Crippen molar-refractivity contribution in [2.75, 3.05) is 23.7 Å². The molecule has 1 N–H and O–H groups in total. The minimum atomic E-state index is -0.272. The van der Waals surface area contributed by atoms with Crippen molar-refractivity contribution in [3.05, 3.63) is 95.3 Å². The molecule has 1 heterocycles. The van der Waals surface area contributed by atoms with Gasteiger partial charge in [-0.1, -0.05) is 42.5 Å². The summed E-state index contributed by atoms with van der Waals surface area (Å²) in [7, 11) is 0. The maximum Gasteiger partial charge on any atom is 0.252 e. The summed E-state index contributed by atoms with van der Waals surface area (Å²) >= 11 is 1.38. The summed E-state index contributed by atoms with van der Waals surface area (Å²) in [4.78, 5) is 28.1. The number of rotatable bonds is 7. The Labute approximate surface area is 185 Å². The topological polar surface area (TPSA) is 49.4 Å². The van der Waals surface area contributed by atoms with Crippen molar-refractivity contribution in [1.82, 2.24) is 5.32 Å². The number of amides is 2. The van der Waals surface area contributed by atoms with Crippen LogP contribution in [0, 0.1) is 5.82 Å². The molecule has 0 unspecified atom stereocenters. The van der Waals surface area contributed by atoms with Gasteiger partial charge in [0.1, 0.15) is 5.82 Å². The number of carbonyl (C=O) groups excluding carboxylic acids is 2. The Morgan fingerprint density at radius 1 is 0.968 bits per heavy atom. The van der Waals surface area contributed by atoms with E-state index in [2.05, 4.69) is 11.4 Å². The number of fused-ring (bicyclic) bond motifs is 1. The van der Waals surface area contributed by atoms with E-state index < -0.39 is 0 Å². The van der Waals surface area contributed by atoms with Gasteiger partial charge in [0.25, 0.3) is 5.91 Å². The lowest BCUT2D eigenvalue weighted by molar-refractivity contribution is -0.116. The van der Waals surface area contributed by atoms with Crippen LogP contribution in [0.3, 0.4) is 0 Å². The predicted octanol–water partition coefficient (Wildman–Crippen LogP) is 4.48. The van der Waals surface area contributed by atoms with Crippen molar-refractivity contribution in [1.29, 1.82) is 0 Å². The smallest absolute Gasteiger partial charge is 0.252 e. The van der Waals surface area contributed by atoms with E-state index in [1.807, 2.05) is 41.3 Å². The Balaban J connectivity index is 1.34. The van der Waals surface area contributed by atoms with E-state index in [4.69, 9.17) is 0 Å². The second-order valence-electron chi connectivity index (χ2n) is 7.34. The van der Waals surface area contributed by atoms with Crippen LogP contribution in [-0.4, -0.2) is 30.7 Å². The summed E-state index contributed by atoms with van der Waals surface area (Å²) < 4.78 is 13.0. The fourth-order valence-corrected chi connectivity index (χ4v) is 4.59. The summed E-state index contributed by atoms with van der Waals surface area (Å²) in [5.74, 6) is -0.134. The van der Waals surface area contributed by atoms with Crippen LogP contribution in [0.4, 0.5) is 10.1 Å². The number of nitrogens with one attached hydrogen (secondary N) is 1. The fraction of sp³-hybridized carbons (Fsp3) is 0.200. The number of anilines is 1. The summed E-state index contributed by atoms with van der Waals surface area (Å²) in [5, 5.41) is 2.92. The molecule has 3 aromatic carbocycles. The standard InChI is InChI=1S/C25H23FN2O2S/c26-20-11-9-18(10-12-20)13-15-27-25(30)21-6-2-4-8-23(21)31-17-24(29)28-16-14-19-5-1-3-7-22(19)28/h1-12H,13-17H2,(H,27,30). The molecule has 3 aromatic rings. The minimum absolute atomic E-state index is 0.0430. The molecule has 6 heteroatoms. The van der Waals surface area contributed by atoms with Gasteiger partial charge < -0.3 is 10.2 Å². The Bertz CT molecular complexity index is 1080. The molecule has 0 atom stereocenters. The van der Waals surface area contributed by atoms with Crippen molar-refractivity contribution in [3.8, 4) is 0 Å². The summed E-state index contributed by atoms with van der Waals surface area (Å²) in [6.07, 6.45) is 1.49. The Hall–Kier alpha value is -3.12. The summed E-state index contributed by atoms with van der Waals surface area (Å²) in [5.41, 5.74) is 3.70. The molecule has 0 aliphatic carbocycles. The second-order valence-corrected chi connectivity index (χ2v) is 8.36. The number of halogens is 1. The van der Waals surface area contributed by atoms with E-state index in [0.29, 0.717) is 25.1 Å². The first kappa shape index (κ1) is 21.1. The molecular weight excluding hydrogens is 411 g/mol. The molecule has 4 nitrogen and oxygen atoms in total. The molecular formula is C25H23FN2O2S. The molecule has 0 saturated carbocycles. The van der Waals surface area contributed by atoms with E-state index in [9.17, 15) is 14.0 Å². The van der Waals surface area contributed by atoms with Crippen LogP contribution in [0.15, 0.2) is 77.7 Å². The lowest BCUT2D eigenvalue weighted by Gasteiger charge is -2.17. The molecule has 4 rings (SSSR count). The van der Waals surface area contributed by atoms with Crippen LogP contribution >= 0.6 is 11.8 Å². The Morgan fingerprint density at radius 2 is 1.71 bits per heavy atom. The van der Waals surface area contributed by atoms with Crippen LogP contribution in [0.1, 0.15) is 21.5 Å². The summed E-state index contributed by atoms with van der Waals surface area (Å²) in [6.45, 7) is 1.15. The average Bonchev–Trinajstić information content (AvgIpc) is 3.23. The van der Waals surface area contributed by atoms with Gasteiger partial charge >= 0.3 is 0 Å². The molecule has 0 radical (unpaired) electrons. The van der Waals surface area contributed by atoms with E-state index in [1.165, 1.54) is 29.5 Å². The van der Waals surface area contributed by atoms with Gasteiger partial charge in [-0.05, 0) is 54.3 Å². The number of hydrogen-bond acceptors (Lipinski definition) is 3. The van der Waals surface area contributed by atoms with Gasteiger partial charge in [0, 0.05) is 23.7 Å². The van der Waals surface area contributed by atoms with Crippen LogP contribution < -0.4 is 10.2 Å². The van der Waals surface area contributed by atoms with Gasteiger partial charge in [-0.2, -0.15) is 0 Å². The molecule has 0 aromatic heterocycles. The highest BCUT2D eigenvalue weighted by Gasteiger charge is 2.24. The Morgan fingerprint density at radius 3 is 2.55 bits per heavy atom. The zero-order valence-electron chi connectivity index (χ0n) is 17.0. The molecule has 2 amide bonds. The number of nitrogens with zero attached hydrogens (tertiary/aromatic N) is 1. The van der Waals surface area contributed by atoms with Gasteiger partial charge in [0.05, 0.1) is 11.3 Å². The van der Waals surface area contributed by atoms with Gasteiger partial charge in [0.15, 0.2) is 0 Å². The van der Waals surface area contributed by atoms with Gasteiger partial charge in [0.2, 0.25) is 5.91 Å². The van der Waals surface area contributed by atoms with Crippen LogP contribution in [0.25, 0.3) is 0 Å². The van der Waals surface area contributed by atoms with E-state index in [1.54, 1.807) is 18.2 Å². The molecule has 0 fully saturated rings. The van der Waals surface area contributed by atoms with Crippen molar-refractivity contribution < 1.29 is 14.0 Å². The third-order valence-electron chi connectivity index (χ3n) is 5.28. The molecule has 1 aliphatic rings. The first-order chi connectivity index (χ1) is 15.1. The van der Waals surface area contributed by atoms with Crippen LogP contribution in [0.2, 0.25) is 0 Å². The fourth-order valence-electron chi connectivity index (χ4n) is 3.66. The molecule has 158 valence electrons. The van der Waals surface area contributed by atoms with Crippen LogP contribution in [0.5, 0.6) is 0 Å². The van der Waals surface area contributed by atoms with Crippen LogP contribution in [-0.2, 0) is 17.6 Å².